The molecular weight excluding hydrogens is 263 g/mol. The summed E-state index contributed by atoms with van der Waals surface area (Å²) in [5.41, 5.74) is -0.494. The highest BCUT2D eigenvalue weighted by Gasteiger charge is 2.30. The molecule has 0 spiro atoms. The fraction of sp³-hybridized carbons (Fsp3) is 0.500. The summed E-state index contributed by atoms with van der Waals surface area (Å²) in [5.74, 6) is -1.20. The number of nitrogens with zero attached hydrogens (tertiary/aromatic N) is 2. The Balaban J connectivity index is 2.33. The van der Waals surface area contributed by atoms with E-state index < -0.39 is 16.4 Å². The standard InChI is InChI=1S/C14H17FN2O3/c1-9-4-3-5-10(2)16(9)14(18)11-6-7-12(15)13(8-11)17(19)20/h6-10H,3-5H2,1-2H3/t9-,10+. The van der Waals surface area contributed by atoms with E-state index in [0.29, 0.717) is 0 Å². The zero-order chi connectivity index (χ0) is 14.9. The number of benzene rings is 1. The number of likely N-dealkylation sites (tertiary alicyclic amines) is 1. The molecule has 0 saturated carbocycles. The van der Waals surface area contributed by atoms with Crippen molar-refractivity contribution in [2.45, 2.75) is 45.2 Å². The minimum atomic E-state index is -0.925. The van der Waals surface area contributed by atoms with Crippen molar-refractivity contribution in [3.63, 3.8) is 0 Å². The van der Waals surface area contributed by atoms with Gasteiger partial charge in [-0.1, -0.05) is 0 Å². The van der Waals surface area contributed by atoms with Gasteiger partial charge in [0.1, 0.15) is 0 Å². The minimum Gasteiger partial charge on any atom is -0.333 e. The van der Waals surface area contributed by atoms with Gasteiger partial charge >= 0.3 is 5.69 Å². The molecule has 108 valence electrons. The monoisotopic (exact) mass is 280 g/mol. The summed E-state index contributed by atoms with van der Waals surface area (Å²) in [7, 11) is 0. The Bertz CT molecular complexity index is 537. The van der Waals surface area contributed by atoms with Crippen molar-refractivity contribution < 1.29 is 14.1 Å². The fourth-order valence-corrected chi connectivity index (χ4v) is 2.76. The molecule has 0 bridgehead atoms. The lowest BCUT2D eigenvalue weighted by Crippen LogP contribution is -2.47. The van der Waals surface area contributed by atoms with Crippen LogP contribution in [0.15, 0.2) is 18.2 Å². The van der Waals surface area contributed by atoms with Gasteiger partial charge in [-0.25, -0.2) is 0 Å². The van der Waals surface area contributed by atoms with Gasteiger partial charge in [-0.05, 0) is 45.2 Å². The van der Waals surface area contributed by atoms with Gasteiger partial charge in [-0.2, -0.15) is 4.39 Å². The summed E-state index contributed by atoms with van der Waals surface area (Å²) < 4.78 is 13.3. The van der Waals surface area contributed by atoms with Crippen molar-refractivity contribution in [1.82, 2.24) is 4.90 Å². The molecule has 1 aromatic carbocycles. The van der Waals surface area contributed by atoms with Crippen LogP contribution in [0.5, 0.6) is 0 Å². The summed E-state index contributed by atoms with van der Waals surface area (Å²) >= 11 is 0. The van der Waals surface area contributed by atoms with Crippen molar-refractivity contribution in [2.24, 2.45) is 0 Å². The number of amides is 1. The molecule has 1 saturated heterocycles. The maximum Gasteiger partial charge on any atom is 0.305 e. The molecule has 0 aromatic heterocycles. The normalized spacial score (nSPS) is 22.6. The molecule has 6 heteroatoms. The van der Waals surface area contributed by atoms with Gasteiger partial charge in [0, 0.05) is 23.7 Å². The molecule has 2 atom stereocenters. The van der Waals surface area contributed by atoms with Gasteiger partial charge in [0.25, 0.3) is 5.91 Å². The van der Waals surface area contributed by atoms with Crippen LogP contribution in [0.25, 0.3) is 0 Å². The molecule has 2 rings (SSSR count). The van der Waals surface area contributed by atoms with Crippen molar-refractivity contribution in [2.75, 3.05) is 0 Å². The number of hydrogen-bond acceptors (Lipinski definition) is 3. The van der Waals surface area contributed by atoms with Crippen LogP contribution >= 0.6 is 0 Å². The van der Waals surface area contributed by atoms with Crippen LogP contribution < -0.4 is 0 Å². The second-order valence-corrected chi connectivity index (χ2v) is 5.26. The smallest absolute Gasteiger partial charge is 0.305 e. The Kier molecular flexibility index (Phi) is 4.01. The highest BCUT2D eigenvalue weighted by atomic mass is 19.1. The van der Waals surface area contributed by atoms with Gasteiger partial charge < -0.3 is 4.90 Å². The number of carbonyl (C=O) groups is 1. The van der Waals surface area contributed by atoms with E-state index in [2.05, 4.69) is 0 Å². The summed E-state index contributed by atoms with van der Waals surface area (Å²) in [6.07, 6.45) is 2.90. The quantitative estimate of drug-likeness (QED) is 0.617. The van der Waals surface area contributed by atoms with Crippen LogP contribution in [0.3, 0.4) is 0 Å². The van der Waals surface area contributed by atoms with E-state index >= 15 is 0 Å². The Morgan fingerprint density at radius 1 is 1.35 bits per heavy atom. The Morgan fingerprint density at radius 3 is 2.50 bits per heavy atom. The SMILES string of the molecule is C[C@@H]1CCC[C@H](C)N1C(=O)c1ccc(F)c([N+](=O)[O-])c1. The topological polar surface area (TPSA) is 63.5 Å². The van der Waals surface area contributed by atoms with Crippen LogP contribution in [0.1, 0.15) is 43.5 Å². The molecular formula is C14H17FN2O3. The lowest BCUT2D eigenvalue weighted by molar-refractivity contribution is -0.387. The third kappa shape index (κ3) is 2.64. The summed E-state index contributed by atoms with van der Waals surface area (Å²) in [6, 6.07) is 3.49. The maximum atomic E-state index is 13.3. The third-order valence-electron chi connectivity index (χ3n) is 3.82. The van der Waals surface area contributed by atoms with Gasteiger partial charge in [-0.15, -0.1) is 0 Å². The van der Waals surface area contributed by atoms with Crippen LogP contribution in [0, 0.1) is 15.9 Å². The second-order valence-electron chi connectivity index (χ2n) is 5.26. The molecule has 0 aliphatic carbocycles. The van der Waals surface area contributed by atoms with Crippen LogP contribution in [0.4, 0.5) is 10.1 Å². The van der Waals surface area contributed by atoms with Crippen molar-refractivity contribution in [3.05, 3.63) is 39.7 Å². The number of rotatable bonds is 2. The Labute approximate surface area is 116 Å². The molecule has 1 aliphatic rings. The largest absolute Gasteiger partial charge is 0.333 e. The number of piperidine rings is 1. The van der Waals surface area contributed by atoms with Crippen LogP contribution in [-0.2, 0) is 0 Å². The van der Waals surface area contributed by atoms with Gasteiger partial charge in [0.15, 0.2) is 0 Å². The van der Waals surface area contributed by atoms with Gasteiger partial charge in [-0.3, -0.25) is 14.9 Å². The van der Waals surface area contributed by atoms with E-state index in [9.17, 15) is 19.3 Å². The minimum absolute atomic E-state index is 0.0929. The molecule has 0 unspecified atom stereocenters. The number of nitro groups is 1. The van der Waals surface area contributed by atoms with Crippen molar-refractivity contribution in [1.29, 1.82) is 0 Å². The van der Waals surface area contributed by atoms with E-state index in [1.54, 1.807) is 4.90 Å². The van der Waals surface area contributed by atoms with E-state index in [-0.39, 0.29) is 23.6 Å². The summed E-state index contributed by atoms with van der Waals surface area (Å²) in [4.78, 5) is 24.2. The first-order chi connectivity index (χ1) is 9.41. The molecule has 0 N–H and O–H groups in total. The highest BCUT2D eigenvalue weighted by Crippen LogP contribution is 2.26. The first kappa shape index (κ1) is 14.4. The Hall–Kier alpha value is -1.98. The third-order valence-corrected chi connectivity index (χ3v) is 3.82. The average molecular weight is 280 g/mol. The Morgan fingerprint density at radius 2 is 1.95 bits per heavy atom. The first-order valence-corrected chi connectivity index (χ1v) is 6.68. The molecule has 1 aromatic rings. The molecule has 1 heterocycles. The maximum absolute atomic E-state index is 13.3. The van der Waals surface area contributed by atoms with Crippen molar-refractivity contribution >= 4 is 11.6 Å². The van der Waals surface area contributed by atoms with Crippen LogP contribution in [-0.4, -0.2) is 27.8 Å². The fourth-order valence-electron chi connectivity index (χ4n) is 2.76. The first-order valence-electron chi connectivity index (χ1n) is 6.68. The van der Waals surface area contributed by atoms with E-state index in [1.165, 1.54) is 6.07 Å². The van der Waals surface area contributed by atoms with E-state index in [4.69, 9.17) is 0 Å². The van der Waals surface area contributed by atoms with Crippen LogP contribution in [0.2, 0.25) is 0 Å². The summed E-state index contributed by atoms with van der Waals surface area (Å²) in [6.45, 7) is 3.93. The molecule has 5 nitrogen and oxygen atoms in total. The van der Waals surface area contributed by atoms with E-state index in [0.717, 1.165) is 31.4 Å². The predicted octanol–water partition coefficient (Wildman–Crippen LogP) is 3.14. The number of halogens is 1. The van der Waals surface area contributed by atoms with Gasteiger partial charge in [0.05, 0.1) is 4.92 Å². The molecule has 20 heavy (non-hydrogen) atoms. The molecule has 1 amide bonds. The number of hydrogen-bond donors (Lipinski definition) is 0. The lowest BCUT2D eigenvalue weighted by atomic mass is 9.96. The second kappa shape index (κ2) is 5.56. The predicted molar refractivity (Wildman–Crippen MR) is 72.0 cm³/mol. The highest BCUT2D eigenvalue weighted by molar-refractivity contribution is 5.95. The number of nitro benzene ring substituents is 1. The number of carbonyl (C=O) groups excluding carboxylic acids is 1. The van der Waals surface area contributed by atoms with Gasteiger partial charge in [0.2, 0.25) is 5.82 Å². The zero-order valence-electron chi connectivity index (χ0n) is 11.5. The lowest BCUT2D eigenvalue weighted by Gasteiger charge is -2.39. The molecule has 1 fully saturated rings. The van der Waals surface area contributed by atoms with E-state index in [1.807, 2.05) is 13.8 Å². The zero-order valence-corrected chi connectivity index (χ0v) is 11.5. The molecule has 0 radical (unpaired) electrons. The molecule has 1 aliphatic heterocycles. The van der Waals surface area contributed by atoms with Crippen molar-refractivity contribution in [3.8, 4) is 0 Å². The average Bonchev–Trinajstić information content (AvgIpc) is 2.38. The summed E-state index contributed by atoms with van der Waals surface area (Å²) in [5, 5.41) is 10.7.